The van der Waals surface area contributed by atoms with E-state index in [1.807, 2.05) is 24.4 Å². The highest BCUT2D eigenvalue weighted by atomic mass is 79.9. The first-order valence-electron chi connectivity index (χ1n) is 6.18. The maximum absolute atomic E-state index is 5.14. The monoisotopic (exact) mass is 320 g/mol. The van der Waals surface area contributed by atoms with Crippen LogP contribution in [0.5, 0.6) is 5.75 Å². The first-order valence-corrected chi connectivity index (χ1v) is 6.98. The summed E-state index contributed by atoms with van der Waals surface area (Å²) in [5.41, 5.74) is 2.46. The molecule has 1 N–H and O–H groups in total. The van der Waals surface area contributed by atoms with E-state index >= 15 is 0 Å². The summed E-state index contributed by atoms with van der Waals surface area (Å²) < 4.78 is 6.17. The highest BCUT2D eigenvalue weighted by Gasteiger charge is 2.03. The third-order valence-electron chi connectivity index (χ3n) is 2.95. The lowest BCUT2D eigenvalue weighted by Gasteiger charge is -2.09. The van der Waals surface area contributed by atoms with Crippen molar-refractivity contribution in [2.45, 2.75) is 13.3 Å². The molecule has 1 aromatic carbocycles. The SMILES string of the molecule is COc1ccc(CCNc2nccc(C)c2Br)cc1. The molecule has 2 rings (SSSR count). The second kappa shape index (κ2) is 6.57. The van der Waals surface area contributed by atoms with E-state index in [0.717, 1.165) is 29.0 Å². The smallest absolute Gasteiger partial charge is 0.140 e. The quantitative estimate of drug-likeness (QED) is 0.909. The van der Waals surface area contributed by atoms with E-state index in [1.165, 1.54) is 11.1 Å². The summed E-state index contributed by atoms with van der Waals surface area (Å²) in [5, 5.41) is 3.34. The van der Waals surface area contributed by atoms with E-state index in [-0.39, 0.29) is 0 Å². The van der Waals surface area contributed by atoms with Gasteiger partial charge in [-0.2, -0.15) is 0 Å². The molecule has 0 radical (unpaired) electrons. The zero-order valence-electron chi connectivity index (χ0n) is 11.1. The van der Waals surface area contributed by atoms with Crippen molar-refractivity contribution in [2.24, 2.45) is 0 Å². The van der Waals surface area contributed by atoms with Crippen LogP contribution < -0.4 is 10.1 Å². The number of nitrogens with zero attached hydrogens (tertiary/aromatic N) is 1. The number of hydrogen-bond donors (Lipinski definition) is 1. The third-order valence-corrected chi connectivity index (χ3v) is 3.95. The molecule has 0 aliphatic carbocycles. The molecule has 0 atom stereocenters. The maximum Gasteiger partial charge on any atom is 0.140 e. The average molecular weight is 321 g/mol. The van der Waals surface area contributed by atoms with E-state index in [9.17, 15) is 0 Å². The van der Waals surface area contributed by atoms with Crippen LogP contribution in [0, 0.1) is 6.92 Å². The summed E-state index contributed by atoms with van der Waals surface area (Å²) in [6.45, 7) is 2.90. The van der Waals surface area contributed by atoms with Gasteiger partial charge in [0.25, 0.3) is 0 Å². The van der Waals surface area contributed by atoms with E-state index in [1.54, 1.807) is 7.11 Å². The summed E-state index contributed by atoms with van der Waals surface area (Å²) in [7, 11) is 1.68. The molecule has 100 valence electrons. The Kier molecular flexibility index (Phi) is 4.80. The Bertz CT molecular complexity index is 540. The number of anilines is 1. The van der Waals surface area contributed by atoms with Crippen LogP contribution in [0.15, 0.2) is 41.0 Å². The summed E-state index contributed by atoms with van der Waals surface area (Å²) in [5.74, 6) is 1.79. The molecule has 0 fully saturated rings. The predicted octanol–water partition coefficient (Wildman–Crippen LogP) is 3.82. The Labute approximate surface area is 122 Å². The van der Waals surface area contributed by atoms with Crippen molar-refractivity contribution in [2.75, 3.05) is 19.0 Å². The molecule has 0 saturated carbocycles. The molecule has 0 saturated heterocycles. The molecular weight excluding hydrogens is 304 g/mol. The van der Waals surface area contributed by atoms with Gasteiger partial charge in [-0.25, -0.2) is 4.98 Å². The minimum absolute atomic E-state index is 0.849. The largest absolute Gasteiger partial charge is 0.497 e. The molecule has 0 spiro atoms. The summed E-state index contributed by atoms with van der Waals surface area (Å²) in [6.07, 6.45) is 2.77. The number of pyridine rings is 1. The fourth-order valence-electron chi connectivity index (χ4n) is 1.78. The summed E-state index contributed by atoms with van der Waals surface area (Å²) in [6, 6.07) is 10.1. The van der Waals surface area contributed by atoms with Gasteiger partial charge in [-0.05, 0) is 58.6 Å². The van der Waals surface area contributed by atoms with Crippen molar-refractivity contribution in [3.05, 3.63) is 52.1 Å². The van der Waals surface area contributed by atoms with E-state index in [2.05, 4.69) is 45.3 Å². The molecule has 2 aromatic rings. The fourth-order valence-corrected chi connectivity index (χ4v) is 2.16. The molecule has 0 aliphatic heterocycles. The molecule has 0 bridgehead atoms. The van der Waals surface area contributed by atoms with Crippen LogP contribution in [0.2, 0.25) is 0 Å². The normalized spacial score (nSPS) is 10.3. The number of rotatable bonds is 5. The lowest BCUT2D eigenvalue weighted by Crippen LogP contribution is -2.07. The van der Waals surface area contributed by atoms with Gasteiger partial charge in [0.2, 0.25) is 0 Å². The van der Waals surface area contributed by atoms with Crippen LogP contribution >= 0.6 is 15.9 Å². The van der Waals surface area contributed by atoms with Crippen LogP contribution in [0.4, 0.5) is 5.82 Å². The van der Waals surface area contributed by atoms with Crippen molar-refractivity contribution in [1.82, 2.24) is 4.98 Å². The van der Waals surface area contributed by atoms with Crippen LogP contribution in [-0.2, 0) is 6.42 Å². The van der Waals surface area contributed by atoms with E-state index in [4.69, 9.17) is 4.74 Å². The topological polar surface area (TPSA) is 34.1 Å². The van der Waals surface area contributed by atoms with Gasteiger partial charge in [-0.1, -0.05) is 12.1 Å². The predicted molar refractivity (Wildman–Crippen MR) is 81.9 cm³/mol. The van der Waals surface area contributed by atoms with Crippen molar-refractivity contribution in [3.63, 3.8) is 0 Å². The molecular formula is C15H17BrN2O. The molecule has 0 amide bonds. The first-order chi connectivity index (χ1) is 9.20. The zero-order chi connectivity index (χ0) is 13.7. The van der Waals surface area contributed by atoms with Gasteiger partial charge in [0, 0.05) is 12.7 Å². The van der Waals surface area contributed by atoms with E-state index < -0.39 is 0 Å². The van der Waals surface area contributed by atoms with Crippen molar-refractivity contribution < 1.29 is 4.74 Å². The number of methoxy groups -OCH3 is 1. The number of ether oxygens (including phenoxy) is 1. The minimum atomic E-state index is 0.849. The summed E-state index contributed by atoms with van der Waals surface area (Å²) >= 11 is 3.54. The summed E-state index contributed by atoms with van der Waals surface area (Å²) in [4.78, 5) is 4.32. The molecule has 3 nitrogen and oxygen atoms in total. The lowest BCUT2D eigenvalue weighted by molar-refractivity contribution is 0.414. The highest BCUT2D eigenvalue weighted by Crippen LogP contribution is 2.23. The molecule has 1 heterocycles. The lowest BCUT2D eigenvalue weighted by atomic mass is 10.1. The number of aryl methyl sites for hydroxylation is 1. The number of aromatic nitrogens is 1. The third kappa shape index (κ3) is 3.70. The Hall–Kier alpha value is -1.55. The fraction of sp³-hybridized carbons (Fsp3) is 0.267. The molecule has 0 aliphatic rings. The number of benzene rings is 1. The first kappa shape index (κ1) is 13.9. The molecule has 0 unspecified atom stereocenters. The van der Waals surface area contributed by atoms with Crippen molar-refractivity contribution in [3.8, 4) is 5.75 Å². The van der Waals surface area contributed by atoms with Gasteiger partial charge < -0.3 is 10.1 Å². The average Bonchev–Trinajstić information content (AvgIpc) is 2.44. The minimum Gasteiger partial charge on any atom is -0.497 e. The Balaban J connectivity index is 1.90. The number of nitrogens with one attached hydrogen (secondary N) is 1. The van der Waals surface area contributed by atoms with Crippen molar-refractivity contribution >= 4 is 21.7 Å². The van der Waals surface area contributed by atoms with Gasteiger partial charge in [0.1, 0.15) is 11.6 Å². The van der Waals surface area contributed by atoms with Crippen LogP contribution in [0.3, 0.4) is 0 Å². The zero-order valence-corrected chi connectivity index (χ0v) is 12.7. The van der Waals surface area contributed by atoms with Gasteiger partial charge in [0.05, 0.1) is 11.6 Å². The van der Waals surface area contributed by atoms with Gasteiger partial charge in [-0.15, -0.1) is 0 Å². The van der Waals surface area contributed by atoms with Crippen LogP contribution in [-0.4, -0.2) is 18.6 Å². The Morgan fingerprint density at radius 1 is 1.21 bits per heavy atom. The van der Waals surface area contributed by atoms with Crippen molar-refractivity contribution in [1.29, 1.82) is 0 Å². The van der Waals surface area contributed by atoms with Gasteiger partial charge >= 0.3 is 0 Å². The number of halogens is 1. The highest BCUT2D eigenvalue weighted by molar-refractivity contribution is 9.10. The van der Waals surface area contributed by atoms with Gasteiger partial charge in [0.15, 0.2) is 0 Å². The Morgan fingerprint density at radius 3 is 2.63 bits per heavy atom. The molecule has 19 heavy (non-hydrogen) atoms. The second-order valence-corrected chi connectivity index (χ2v) is 5.11. The Morgan fingerprint density at radius 2 is 1.95 bits per heavy atom. The maximum atomic E-state index is 5.14. The standard InChI is InChI=1S/C15H17BrN2O/c1-11-7-9-17-15(14(11)16)18-10-8-12-3-5-13(19-2)6-4-12/h3-7,9H,8,10H2,1-2H3,(H,17,18). The van der Waals surface area contributed by atoms with Crippen LogP contribution in [0.25, 0.3) is 0 Å². The molecule has 1 aromatic heterocycles. The van der Waals surface area contributed by atoms with Crippen LogP contribution in [0.1, 0.15) is 11.1 Å². The molecule has 4 heteroatoms. The number of hydrogen-bond acceptors (Lipinski definition) is 3. The second-order valence-electron chi connectivity index (χ2n) is 4.32. The van der Waals surface area contributed by atoms with E-state index in [0.29, 0.717) is 0 Å². The van der Waals surface area contributed by atoms with Gasteiger partial charge in [-0.3, -0.25) is 0 Å².